The van der Waals surface area contributed by atoms with Gasteiger partial charge in [0.25, 0.3) is 0 Å². The maximum atomic E-state index is 13.0. The topological polar surface area (TPSA) is 90.9 Å². The summed E-state index contributed by atoms with van der Waals surface area (Å²) in [6.45, 7) is 0. The monoisotopic (exact) mass is 314 g/mol. The maximum absolute atomic E-state index is 13.0. The number of hydrogen-bond donors (Lipinski definition) is 3. The minimum Gasteiger partial charge on any atom is -0.478 e. The van der Waals surface area contributed by atoms with Gasteiger partial charge in [-0.3, -0.25) is 0 Å². The molecular weight excluding hydrogens is 305 g/mol. The predicted molar refractivity (Wildman–Crippen MR) is 65.2 cm³/mol. The van der Waals surface area contributed by atoms with Crippen LogP contribution in [0.5, 0.6) is 0 Å². The van der Waals surface area contributed by atoms with Crippen molar-refractivity contribution in [3.8, 4) is 0 Å². The van der Waals surface area contributed by atoms with Gasteiger partial charge in [0.05, 0.1) is 0 Å². The SMILES string of the molecule is O=C(O)c1c(C(F)(F)F)oc2c1C(O)c1ccccc1C2O. The molecule has 3 rings (SSSR count). The second-order valence-electron chi connectivity index (χ2n) is 4.82. The van der Waals surface area contributed by atoms with Crippen molar-refractivity contribution in [3.05, 3.63) is 58.0 Å². The molecule has 0 aliphatic heterocycles. The molecule has 116 valence electrons. The second-order valence-corrected chi connectivity index (χ2v) is 4.82. The van der Waals surface area contributed by atoms with Crippen LogP contribution in [-0.4, -0.2) is 21.3 Å². The Morgan fingerprint density at radius 3 is 2.14 bits per heavy atom. The van der Waals surface area contributed by atoms with E-state index in [0.717, 1.165) is 0 Å². The summed E-state index contributed by atoms with van der Waals surface area (Å²) in [5, 5.41) is 29.5. The Morgan fingerprint density at radius 1 is 1.09 bits per heavy atom. The molecule has 1 aliphatic carbocycles. The Balaban J connectivity index is 2.32. The third-order valence-corrected chi connectivity index (χ3v) is 3.55. The normalized spacial score (nSPS) is 20.4. The van der Waals surface area contributed by atoms with Crippen LogP contribution in [0.2, 0.25) is 0 Å². The fourth-order valence-electron chi connectivity index (χ4n) is 2.65. The smallest absolute Gasteiger partial charge is 0.450 e. The molecule has 0 bridgehead atoms. The summed E-state index contributed by atoms with van der Waals surface area (Å²) < 4.78 is 43.5. The van der Waals surface area contributed by atoms with E-state index < -0.39 is 47.0 Å². The van der Waals surface area contributed by atoms with E-state index in [1.807, 2.05) is 0 Å². The van der Waals surface area contributed by atoms with Gasteiger partial charge < -0.3 is 19.7 Å². The number of hydrogen-bond acceptors (Lipinski definition) is 4. The number of carbonyl (C=O) groups is 1. The lowest BCUT2D eigenvalue weighted by atomic mass is 9.84. The number of furan rings is 1. The number of carboxylic acid groups (broad SMARTS) is 1. The van der Waals surface area contributed by atoms with Crippen molar-refractivity contribution in [3.63, 3.8) is 0 Å². The van der Waals surface area contributed by atoms with Gasteiger partial charge in [0, 0.05) is 5.56 Å². The molecule has 0 fully saturated rings. The molecule has 1 aromatic carbocycles. The van der Waals surface area contributed by atoms with Crippen LogP contribution in [0.15, 0.2) is 28.7 Å². The van der Waals surface area contributed by atoms with Crippen LogP contribution in [-0.2, 0) is 6.18 Å². The number of fused-ring (bicyclic) bond motifs is 2. The molecule has 2 atom stereocenters. The number of aliphatic hydroxyl groups excluding tert-OH is 2. The molecule has 8 heteroatoms. The van der Waals surface area contributed by atoms with Gasteiger partial charge in [-0.1, -0.05) is 24.3 Å². The van der Waals surface area contributed by atoms with Gasteiger partial charge in [0.2, 0.25) is 5.76 Å². The van der Waals surface area contributed by atoms with Crippen LogP contribution in [0.4, 0.5) is 13.2 Å². The van der Waals surface area contributed by atoms with Gasteiger partial charge in [0.15, 0.2) is 0 Å². The summed E-state index contributed by atoms with van der Waals surface area (Å²) >= 11 is 0. The van der Waals surface area contributed by atoms with E-state index in [2.05, 4.69) is 4.42 Å². The standard InChI is InChI=1S/C14H9F3O5/c15-14(16,17)12-8(13(20)21)7-9(18)5-3-1-2-4-6(5)10(19)11(7)22-12/h1-4,9-10,18-19H,(H,20,21). The van der Waals surface area contributed by atoms with Crippen LogP contribution in [0.25, 0.3) is 0 Å². The number of aromatic carboxylic acids is 1. The first kappa shape index (κ1) is 14.6. The maximum Gasteiger partial charge on any atom is 0.450 e. The number of aliphatic hydroxyl groups is 2. The highest BCUT2D eigenvalue weighted by atomic mass is 19.4. The molecule has 2 unspecified atom stereocenters. The largest absolute Gasteiger partial charge is 0.478 e. The molecular formula is C14H9F3O5. The van der Waals surface area contributed by atoms with E-state index in [1.54, 1.807) is 0 Å². The van der Waals surface area contributed by atoms with E-state index in [1.165, 1.54) is 24.3 Å². The zero-order chi connectivity index (χ0) is 16.2. The average Bonchev–Trinajstić information content (AvgIpc) is 2.86. The minimum absolute atomic E-state index is 0.138. The van der Waals surface area contributed by atoms with Crippen molar-refractivity contribution >= 4 is 5.97 Å². The van der Waals surface area contributed by atoms with E-state index in [9.17, 15) is 28.2 Å². The molecule has 1 heterocycles. The van der Waals surface area contributed by atoms with Gasteiger partial charge in [-0.25, -0.2) is 4.79 Å². The Labute approximate surface area is 121 Å². The number of carboxylic acids is 1. The Hall–Kier alpha value is -2.32. The fourth-order valence-corrected chi connectivity index (χ4v) is 2.65. The second kappa shape index (κ2) is 4.59. The number of rotatable bonds is 1. The summed E-state index contributed by atoms with van der Waals surface area (Å²) in [6, 6.07) is 5.87. The fraction of sp³-hybridized carbons (Fsp3) is 0.214. The van der Waals surface area contributed by atoms with Crippen LogP contribution in [0.1, 0.15) is 50.8 Å². The first-order valence-electron chi connectivity index (χ1n) is 6.15. The highest BCUT2D eigenvalue weighted by molar-refractivity contribution is 5.92. The summed E-state index contributed by atoms with van der Waals surface area (Å²) in [6.07, 6.45) is -8.26. The molecule has 3 N–H and O–H groups in total. The first-order valence-corrected chi connectivity index (χ1v) is 6.15. The van der Waals surface area contributed by atoms with E-state index in [0.29, 0.717) is 0 Å². The van der Waals surface area contributed by atoms with E-state index in [-0.39, 0.29) is 11.1 Å². The molecule has 1 aliphatic rings. The van der Waals surface area contributed by atoms with Crippen molar-refractivity contribution in [2.75, 3.05) is 0 Å². The molecule has 0 amide bonds. The van der Waals surface area contributed by atoms with Crippen LogP contribution < -0.4 is 0 Å². The summed E-state index contributed by atoms with van der Waals surface area (Å²) in [7, 11) is 0. The molecule has 5 nitrogen and oxygen atoms in total. The minimum atomic E-state index is -5.06. The van der Waals surface area contributed by atoms with Gasteiger partial charge >= 0.3 is 12.1 Å². The van der Waals surface area contributed by atoms with Gasteiger partial charge in [-0.05, 0) is 11.1 Å². The van der Waals surface area contributed by atoms with E-state index >= 15 is 0 Å². The first-order chi connectivity index (χ1) is 10.2. The summed E-state index contributed by atoms with van der Waals surface area (Å²) in [4.78, 5) is 11.2. The van der Waals surface area contributed by atoms with Crippen LogP contribution >= 0.6 is 0 Å². The highest BCUT2D eigenvalue weighted by Gasteiger charge is 2.47. The van der Waals surface area contributed by atoms with Crippen molar-refractivity contribution in [1.29, 1.82) is 0 Å². The van der Waals surface area contributed by atoms with Crippen molar-refractivity contribution in [1.82, 2.24) is 0 Å². The Morgan fingerprint density at radius 2 is 1.64 bits per heavy atom. The molecule has 0 saturated heterocycles. The molecule has 2 aromatic rings. The lowest BCUT2D eigenvalue weighted by Crippen LogP contribution is -2.19. The molecule has 0 radical (unpaired) electrons. The third kappa shape index (κ3) is 1.92. The Bertz CT molecular complexity index is 762. The van der Waals surface area contributed by atoms with Gasteiger partial charge in [0.1, 0.15) is 23.5 Å². The number of benzene rings is 1. The summed E-state index contributed by atoms with van der Waals surface area (Å²) in [5.41, 5.74) is -1.43. The lowest BCUT2D eigenvalue weighted by molar-refractivity contribution is -0.154. The Kier molecular flexibility index (Phi) is 3.05. The third-order valence-electron chi connectivity index (χ3n) is 3.55. The number of halogens is 3. The molecule has 22 heavy (non-hydrogen) atoms. The van der Waals surface area contributed by atoms with Gasteiger partial charge in [-0.2, -0.15) is 13.2 Å². The van der Waals surface area contributed by atoms with Crippen molar-refractivity contribution in [2.24, 2.45) is 0 Å². The molecule has 0 spiro atoms. The zero-order valence-corrected chi connectivity index (χ0v) is 10.8. The highest BCUT2D eigenvalue weighted by Crippen LogP contribution is 2.47. The van der Waals surface area contributed by atoms with E-state index in [4.69, 9.17) is 5.11 Å². The zero-order valence-electron chi connectivity index (χ0n) is 10.8. The number of alkyl halides is 3. The average molecular weight is 314 g/mol. The van der Waals surface area contributed by atoms with Crippen molar-refractivity contribution < 1.29 is 37.7 Å². The van der Waals surface area contributed by atoms with Crippen LogP contribution in [0.3, 0.4) is 0 Å². The van der Waals surface area contributed by atoms with Crippen LogP contribution in [0, 0.1) is 0 Å². The molecule has 1 aromatic heterocycles. The quantitative estimate of drug-likeness (QED) is 0.752. The summed E-state index contributed by atoms with van der Waals surface area (Å²) in [5.74, 6) is -4.23. The molecule has 0 saturated carbocycles. The van der Waals surface area contributed by atoms with Gasteiger partial charge in [-0.15, -0.1) is 0 Å². The van der Waals surface area contributed by atoms with Crippen molar-refractivity contribution in [2.45, 2.75) is 18.4 Å². The lowest BCUT2D eigenvalue weighted by Gasteiger charge is -2.25. The predicted octanol–water partition coefficient (Wildman–Crippen LogP) is 2.47.